The van der Waals surface area contributed by atoms with Crippen molar-refractivity contribution in [2.24, 2.45) is 0 Å². The molecule has 0 radical (unpaired) electrons. The highest BCUT2D eigenvalue weighted by atomic mass is 35.5. The van der Waals surface area contributed by atoms with Gasteiger partial charge in [-0.1, -0.05) is 17.7 Å². The van der Waals surface area contributed by atoms with Crippen molar-refractivity contribution < 1.29 is 8.78 Å². The fourth-order valence-corrected chi connectivity index (χ4v) is 1.35. The number of nitrogens with zero attached hydrogens (tertiary/aromatic N) is 2. The lowest BCUT2D eigenvalue weighted by atomic mass is 10.1. The van der Waals surface area contributed by atoms with Gasteiger partial charge in [0, 0.05) is 0 Å². The molecule has 15 heavy (non-hydrogen) atoms. The van der Waals surface area contributed by atoms with Gasteiger partial charge in [0.1, 0.15) is 16.8 Å². The van der Waals surface area contributed by atoms with Gasteiger partial charge in [-0.2, -0.15) is 0 Å². The Hall–Kier alpha value is -1.55. The Morgan fingerprint density at radius 3 is 2.33 bits per heavy atom. The SMILES string of the molecule is Fc1cccc(F)c1-c1cncc(Cl)n1. The first-order chi connectivity index (χ1) is 7.18. The highest BCUT2D eigenvalue weighted by Crippen LogP contribution is 2.24. The Labute approximate surface area is 89.6 Å². The van der Waals surface area contributed by atoms with E-state index in [1.807, 2.05) is 0 Å². The van der Waals surface area contributed by atoms with Gasteiger partial charge in [-0.25, -0.2) is 13.8 Å². The molecular formula is C10H5ClF2N2. The Balaban J connectivity index is 2.63. The first-order valence-corrected chi connectivity index (χ1v) is 4.48. The van der Waals surface area contributed by atoms with Crippen LogP contribution in [0.3, 0.4) is 0 Å². The quantitative estimate of drug-likeness (QED) is 0.747. The number of halogens is 3. The smallest absolute Gasteiger partial charge is 0.148 e. The number of aromatic nitrogens is 2. The van der Waals surface area contributed by atoms with Gasteiger partial charge >= 0.3 is 0 Å². The van der Waals surface area contributed by atoms with E-state index in [1.165, 1.54) is 18.5 Å². The summed E-state index contributed by atoms with van der Waals surface area (Å²) in [5.74, 6) is -1.38. The lowest BCUT2D eigenvalue weighted by Gasteiger charge is -2.03. The van der Waals surface area contributed by atoms with Crippen molar-refractivity contribution in [1.29, 1.82) is 0 Å². The van der Waals surface area contributed by atoms with Crippen LogP contribution in [0.2, 0.25) is 5.15 Å². The summed E-state index contributed by atoms with van der Waals surface area (Å²) in [4.78, 5) is 7.50. The maximum absolute atomic E-state index is 13.3. The molecule has 0 saturated heterocycles. The van der Waals surface area contributed by atoms with Crippen molar-refractivity contribution >= 4 is 11.6 Å². The minimum absolute atomic E-state index is 0.0816. The summed E-state index contributed by atoms with van der Waals surface area (Å²) in [7, 11) is 0. The number of rotatable bonds is 1. The zero-order chi connectivity index (χ0) is 10.8. The molecular weight excluding hydrogens is 222 g/mol. The molecule has 0 atom stereocenters. The second-order valence-electron chi connectivity index (χ2n) is 2.82. The predicted octanol–water partition coefficient (Wildman–Crippen LogP) is 3.08. The molecule has 2 nitrogen and oxygen atoms in total. The molecule has 0 bridgehead atoms. The number of hydrogen-bond acceptors (Lipinski definition) is 2. The highest BCUT2D eigenvalue weighted by Gasteiger charge is 2.12. The molecule has 0 N–H and O–H groups in total. The lowest BCUT2D eigenvalue weighted by molar-refractivity contribution is 0.588. The molecule has 5 heteroatoms. The standard InChI is InChI=1S/C10H5ClF2N2/c11-9-5-14-4-8(15-9)10-6(12)2-1-3-7(10)13/h1-5H. The molecule has 1 heterocycles. The molecule has 2 aromatic rings. The minimum Gasteiger partial charge on any atom is -0.259 e. The summed E-state index contributed by atoms with van der Waals surface area (Å²) in [5.41, 5.74) is -0.134. The fourth-order valence-electron chi connectivity index (χ4n) is 1.21. The van der Waals surface area contributed by atoms with Gasteiger partial charge < -0.3 is 0 Å². The molecule has 0 unspecified atom stereocenters. The third kappa shape index (κ3) is 1.94. The second-order valence-corrected chi connectivity index (χ2v) is 3.21. The molecule has 1 aromatic heterocycles. The monoisotopic (exact) mass is 226 g/mol. The topological polar surface area (TPSA) is 25.8 Å². The molecule has 1 aromatic carbocycles. The normalized spacial score (nSPS) is 10.3. The van der Waals surface area contributed by atoms with Gasteiger partial charge in [-0.3, -0.25) is 4.98 Å². The van der Waals surface area contributed by atoms with Gasteiger partial charge in [0.25, 0.3) is 0 Å². The summed E-state index contributed by atoms with van der Waals surface area (Å²) >= 11 is 5.58. The second kappa shape index (κ2) is 3.90. The average Bonchev–Trinajstić information content (AvgIpc) is 2.17. The molecule has 0 aliphatic rings. The lowest BCUT2D eigenvalue weighted by Crippen LogP contribution is -1.93. The van der Waals surface area contributed by atoms with Crippen molar-refractivity contribution in [3.8, 4) is 11.3 Å². The van der Waals surface area contributed by atoms with Crippen molar-refractivity contribution in [2.45, 2.75) is 0 Å². The van der Waals surface area contributed by atoms with E-state index in [-0.39, 0.29) is 16.4 Å². The Bertz CT molecular complexity index is 482. The van der Waals surface area contributed by atoms with Gasteiger partial charge in [0.05, 0.1) is 23.7 Å². The maximum atomic E-state index is 13.3. The zero-order valence-electron chi connectivity index (χ0n) is 7.42. The summed E-state index contributed by atoms with van der Waals surface area (Å²) in [5, 5.41) is 0.0927. The Morgan fingerprint density at radius 1 is 1.07 bits per heavy atom. The van der Waals surface area contributed by atoms with Crippen LogP contribution >= 0.6 is 11.6 Å². The Morgan fingerprint density at radius 2 is 1.73 bits per heavy atom. The summed E-state index contributed by atoms with van der Waals surface area (Å²) in [6, 6.07) is 3.59. The van der Waals surface area contributed by atoms with Crippen LogP contribution in [0.1, 0.15) is 0 Å². The van der Waals surface area contributed by atoms with Crippen molar-refractivity contribution in [2.75, 3.05) is 0 Å². The van der Waals surface area contributed by atoms with Crippen LogP contribution in [0.5, 0.6) is 0 Å². The van der Waals surface area contributed by atoms with Gasteiger partial charge in [0.2, 0.25) is 0 Å². The van der Waals surface area contributed by atoms with E-state index < -0.39 is 11.6 Å². The summed E-state index contributed by atoms with van der Waals surface area (Å²) in [6.07, 6.45) is 2.55. The Kier molecular flexibility index (Phi) is 2.60. The van der Waals surface area contributed by atoms with Crippen LogP contribution in [0, 0.1) is 11.6 Å². The van der Waals surface area contributed by atoms with Crippen LogP contribution in [-0.4, -0.2) is 9.97 Å². The van der Waals surface area contributed by atoms with Crippen LogP contribution in [-0.2, 0) is 0 Å². The number of benzene rings is 1. The summed E-state index contributed by atoms with van der Waals surface area (Å²) in [6.45, 7) is 0. The third-order valence-electron chi connectivity index (χ3n) is 1.82. The van der Waals surface area contributed by atoms with Crippen LogP contribution in [0.4, 0.5) is 8.78 Å². The van der Waals surface area contributed by atoms with Crippen molar-refractivity contribution in [3.05, 3.63) is 47.4 Å². The van der Waals surface area contributed by atoms with Gasteiger partial charge in [-0.15, -0.1) is 0 Å². The van der Waals surface area contributed by atoms with Crippen LogP contribution in [0.25, 0.3) is 11.3 Å². The first kappa shape index (κ1) is 9.98. The predicted molar refractivity (Wildman–Crippen MR) is 52.4 cm³/mol. The van der Waals surface area contributed by atoms with E-state index in [0.29, 0.717) is 0 Å². The van der Waals surface area contributed by atoms with E-state index in [1.54, 1.807) is 0 Å². The first-order valence-electron chi connectivity index (χ1n) is 4.10. The average molecular weight is 227 g/mol. The van der Waals surface area contributed by atoms with E-state index in [2.05, 4.69) is 9.97 Å². The van der Waals surface area contributed by atoms with Crippen molar-refractivity contribution in [3.63, 3.8) is 0 Å². The van der Waals surface area contributed by atoms with E-state index in [9.17, 15) is 8.78 Å². The zero-order valence-corrected chi connectivity index (χ0v) is 8.17. The maximum Gasteiger partial charge on any atom is 0.148 e. The molecule has 0 amide bonds. The fraction of sp³-hybridized carbons (Fsp3) is 0. The molecule has 2 rings (SSSR count). The third-order valence-corrected chi connectivity index (χ3v) is 2.01. The molecule has 0 fully saturated rings. The van der Waals surface area contributed by atoms with Crippen LogP contribution in [0.15, 0.2) is 30.6 Å². The van der Waals surface area contributed by atoms with Gasteiger partial charge in [0.15, 0.2) is 0 Å². The van der Waals surface area contributed by atoms with E-state index in [4.69, 9.17) is 11.6 Å². The largest absolute Gasteiger partial charge is 0.259 e. The van der Waals surface area contributed by atoms with Crippen molar-refractivity contribution in [1.82, 2.24) is 9.97 Å². The molecule has 76 valence electrons. The molecule has 0 saturated carbocycles. The molecule has 0 aliphatic heterocycles. The van der Waals surface area contributed by atoms with E-state index in [0.717, 1.165) is 12.1 Å². The minimum atomic E-state index is -0.688. The summed E-state index contributed by atoms with van der Waals surface area (Å²) < 4.78 is 26.6. The van der Waals surface area contributed by atoms with E-state index >= 15 is 0 Å². The van der Waals surface area contributed by atoms with Crippen LogP contribution < -0.4 is 0 Å². The number of hydrogen-bond donors (Lipinski definition) is 0. The molecule has 0 aliphatic carbocycles. The molecule has 0 spiro atoms. The van der Waals surface area contributed by atoms with Gasteiger partial charge in [-0.05, 0) is 12.1 Å². The highest BCUT2D eigenvalue weighted by molar-refractivity contribution is 6.29.